The lowest BCUT2D eigenvalue weighted by Crippen LogP contribution is -2.53. The number of nitro benzene ring substituents is 1. The van der Waals surface area contributed by atoms with Crippen LogP contribution in [-0.4, -0.2) is 50.8 Å². The summed E-state index contributed by atoms with van der Waals surface area (Å²) in [6.45, 7) is 0. The smallest absolute Gasteiger partial charge is 0.417 e. The molecular formula is C39H28Cl2F3N5O8. The number of nitro groups is 1. The number of pyridine rings is 1. The maximum atomic E-state index is 15.3. The van der Waals surface area contributed by atoms with Crippen molar-refractivity contribution in [3.8, 4) is 11.5 Å². The summed E-state index contributed by atoms with van der Waals surface area (Å²) in [5.74, 6) is -8.61. The van der Waals surface area contributed by atoms with Gasteiger partial charge in [0.05, 0.1) is 51.5 Å². The third-order valence-corrected chi connectivity index (χ3v) is 12.0. The molecule has 2 saturated heterocycles. The summed E-state index contributed by atoms with van der Waals surface area (Å²) in [6.07, 6.45) is -2.66. The van der Waals surface area contributed by atoms with E-state index in [0.29, 0.717) is 33.4 Å². The lowest BCUT2D eigenvalue weighted by Gasteiger charge is -2.50. The van der Waals surface area contributed by atoms with E-state index in [1.54, 1.807) is 24.3 Å². The van der Waals surface area contributed by atoms with Gasteiger partial charge in [0.25, 0.3) is 17.5 Å². The lowest BCUT2D eigenvalue weighted by atomic mass is 9.49. The molecule has 18 heteroatoms. The summed E-state index contributed by atoms with van der Waals surface area (Å²) < 4.78 is 45.8. The second-order valence-electron chi connectivity index (χ2n) is 14.1. The van der Waals surface area contributed by atoms with Crippen molar-refractivity contribution < 1.29 is 47.1 Å². The summed E-state index contributed by atoms with van der Waals surface area (Å²) >= 11 is 12.5. The van der Waals surface area contributed by atoms with Gasteiger partial charge in [-0.3, -0.25) is 39.6 Å². The van der Waals surface area contributed by atoms with Crippen LogP contribution in [0.2, 0.25) is 10.0 Å². The van der Waals surface area contributed by atoms with E-state index in [1.165, 1.54) is 55.6 Å². The average molecular weight is 823 g/mol. The number of carbonyl (C=O) groups excluding carboxylic acids is 4. The van der Waals surface area contributed by atoms with Crippen molar-refractivity contribution in [1.82, 2.24) is 9.99 Å². The number of halogens is 5. The molecule has 0 spiro atoms. The SMILES string of the molecule is COc1ccc(C2C3=CCC4C(=O)N(c5ccc([N+](=O)[O-])cc5)C(=O)C4C3CC3C(=O)N(Nc4ncc(C(F)(F)F)cc4Cl)C(=O)C32c2ccc(Cl)cc2)c(O)c1. The quantitative estimate of drug-likeness (QED) is 0.0839. The van der Waals surface area contributed by atoms with E-state index < -0.39 is 86.1 Å². The van der Waals surface area contributed by atoms with Gasteiger partial charge in [0.1, 0.15) is 11.5 Å². The Hall–Kier alpha value is -6.00. The Balaban J connectivity index is 1.30. The molecule has 292 valence electrons. The highest BCUT2D eigenvalue weighted by atomic mass is 35.5. The van der Waals surface area contributed by atoms with Gasteiger partial charge in [0.15, 0.2) is 5.82 Å². The normalized spacial score (nSPS) is 25.5. The van der Waals surface area contributed by atoms with E-state index in [-0.39, 0.29) is 41.3 Å². The number of fused-ring (bicyclic) bond motifs is 4. The van der Waals surface area contributed by atoms with Crippen molar-refractivity contribution in [2.45, 2.75) is 30.4 Å². The molecule has 8 rings (SSSR count). The van der Waals surface area contributed by atoms with Crippen LogP contribution in [0.3, 0.4) is 0 Å². The van der Waals surface area contributed by atoms with Gasteiger partial charge in [-0.05, 0) is 60.7 Å². The number of carbonyl (C=O) groups is 4. The summed E-state index contributed by atoms with van der Waals surface area (Å²) in [5, 5.41) is 23.4. The minimum absolute atomic E-state index is 0.0362. The zero-order valence-corrected chi connectivity index (χ0v) is 30.9. The zero-order valence-electron chi connectivity index (χ0n) is 29.4. The predicted molar refractivity (Wildman–Crippen MR) is 197 cm³/mol. The highest BCUT2D eigenvalue weighted by Crippen LogP contribution is 2.65. The molecule has 2 aliphatic carbocycles. The first-order valence-corrected chi connectivity index (χ1v) is 18.2. The number of aromatic hydroxyl groups is 1. The molecular weight excluding hydrogens is 794 g/mol. The van der Waals surface area contributed by atoms with Crippen LogP contribution in [0.15, 0.2) is 90.6 Å². The summed E-state index contributed by atoms with van der Waals surface area (Å²) in [5.41, 5.74) is 0.357. The van der Waals surface area contributed by atoms with Crippen LogP contribution >= 0.6 is 23.2 Å². The monoisotopic (exact) mass is 821 g/mol. The number of hydrogen-bond donors (Lipinski definition) is 2. The second-order valence-corrected chi connectivity index (χ2v) is 15.0. The molecule has 0 bridgehead atoms. The fraction of sp³-hybridized carbons (Fsp3) is 0.256. The molecule has 57 heavy (non-hydrogen) atoms. The van der Waals surface area contributed by atoms with E-state index in [9.17, 15) is 42.8 Å². The van der Waals surface area contributed by atoms with Crippen LogP contribution in [0.4, 0.5) is 30.4 Å². The molecule has 3 heterocycles. The number of hydrogen-bond acceptors (Lipinski definition) is 10. The number of phenolic OH excluding ortho intramolecular Hbond substituents is 1. The summed E-state index contributed by atoms with van der Waals surface area (Å²) in [4.78, 5) is 74.1. The number of amides is 4. The maximum Gasteiger partial charge on any atom is 0.417 e. The Morgan fingerprint density at radius 1 is 0.965 bits per heavy atom. The minimum Gasteiger partial charge on any atom is -0.508 e. The zero-order chi connectivity index (χ0) is 40.7. The number of aromatic nitrogens is 1. The number of phenols is 1. The molecule has 2 aliphatic heterocycles. The van der Waals surface area contributed by atoms with E-state index in [4.69, 9.17) is 27.9 Å². The van der Waals surface area contributed by atoms with Crippen molar-refractivity contribution in [1.29, 1.82) is 0 Å². The number of anilines is 2. The Bertz CT molecular complexity index is 2430. The molecule has 0 radical (unpaired) electrons. The molecule has 13 nitrogen and oxygen atoms in total. The Labute approximate surface area is 330 Å². The fourth-order valence-corrected chi connectivity index (χ4v) is 9.33. The highest BCUT2D eigenvalue weighted by molar-refractivity contribution is 6.33. The van der Waals surface area contributed by atoms with Crippen molar-refractivity contribution in [3.63, 3.8) is 0 Å². The third kappa shape index (κ3) is 5.79. The number of allylic oxidation sites excluding steroid dienone is 2. The first-order chi connectivity index (χ1) is 27.1. The molecule has 2 N–H and O–H groups in total. The minimum atomic E-state index is -4.79. The van der Waals surface area contributed by atoms with Gasteiger partial charge in [-0.15, -0.1) is 0 Å². The number of hydrazine groups is 1. The van der Waals surface area contributed by atoms with Crippen LogP contribution in [0, 0.1) is 33.8 Å². The van der Waals surface area contributed by atoms with Crippen LogP contribution in [0.5, 0.6) is 11.5 Å². The van der Waals surface area contributed by atoms with Gasteiger partial charge >= 0.3 is 6.18 Å². The van der Waals surface area contributed by atoms with Gasteiger partial charge < -0.3 is 9.84 Å². The van der Waals surface area contributed by atoms with Crippen LogP contribution in [-0.2, 0) is 30.8 Å². The van der Waals surface area contributed by atoms with Crippen LogP contribution < -0.4 is 15.1 Å². The standard InChI is InChI=1S/C39H28Cl2F3N5O8/c1-57-23-10-11-25(30(50)15-23)32-24-12-13-26-31(36(53)47(34(26)51)21-6-8-22(9-7-21)49(55)56)27(24)16-28-35(52)48(37(54)38(28,32)18-2-4-20(40)5-3-18)46-33-29(41)14-19(17-45-33)39(42,43)44/h2-12,14-15,17,26-28,31-32,50H,13,16H2,1H3,(H,45,46). The van der Waals surface area contributed by atoms with Crippen molar-refractivity contribution >= 4 is 64.0 Å². The van der Waals surface area contributed by atoms with E-state index in [2.05, 4.69) is 10.4 Å². The van der Waals surface area contributed by atoms with Gasteiger partial charge in [0, 0.05) is 40.9 Å². The van der Waals surface area contributed by atoms with E-state index >= 15 is 4.79 Å². The molecule has 3 fully saturated rings. The molecule has 3 aromatic carbocycles. The van der Waals surface area contributed by atoms with E-state index in [1.807, 2.05) is 0 Å². The number of methoxy groups -OCH3 is 1. The number of ether oxygens (including phenoxy) is 1. The molecule has 4 aromatic rings. The molecule has 6 atom stereocenters. The molecule has 1 aromatic heterocycles. The lowest BCUT2D eigenvalue weighted by molar-refractivity contribution is -0.384. The van der Waals surface area contributed by atoms with E-state index in [0.717, 1.165) is 4.90 Å². The van der Waals surface area contributed by atoms with Gasteiger partial charge in [-0.1, -0.05) is 53.1 Å². The van der Waals surface area contributed by atoms with Gasteiger partial charge in [-0.25, -0.2) is 4.98 Å². The number of imide groups is 2. The largest absolute Gasteiger partial charge is 0.508 e. The fourth-order valence-electron chi connectivity index (χ4n) is 9.00. The first-order valence-electron chi connectivity index (χ1n) is 17.4. The number of nitrogens with zero attached hydrogens (tertiary/aromatic N) is 4. The molecule has 4 amide bonds. The van der Waals surface area contributed by atoms with Crippen molar-refractivity contribution in [2.75, 3.05) is 17.4 Å². The average Bonchev–Trinajstić information content (AvgIpc) is 3.56. The van der Waals surface area contributed by atoms with Crippen LogP contribution in [0.1, 0.15) is 35.4 Å². The second kappa shape index (κ2) is 13.6. The summed E-state index contributed by atoms with van der Waals surface area (Å²) in [7, 11) is 1.39. The van der Waals surface area contributed by atoms with Crippen molar-refractivity contribution in [2.24, 2.45) is 23.7 Å². The molecule has 6 unspecified atom stereocenters. The van der Waals surface area contributed by atoms with Gasteiger partial charge in [0.2, 0.25) is 11.8 Å². The molecule has 1 saturated carbocycles. The maximum absolute atomic E-state index is 15.3. The third-order valence-electron chi connectivity index (χ3n) is 11.4. The summed E-state index contributed by atoms with van der Waals surface area (Å²) in [6, 6.07) is 16.1. The first kappa shape index (κ1) is 37.9. The Kier molecular flexibility index (Phi) is 9.03. The van der Waals surface area contributed by atoms with Crippen LogP contribution in [0.25, 0.3) is 0 Å². The van der Waals surface area contributed by atoms with Crippen molar-refractivity contribution in [3.05, 3.63) is 127 Å². The number of benzene rings is 3. The molecule has 4 aliphatic rings. The topological polar surface area (TPSA) is 172 Å². The number of nitrogens with one attached hydrogen (secondary N) is 1. The number of non-ortho nitro benzene ring substituents is 1. The highest BCUT2D eigenvalue weighted by Gasteiger charge is 2.70. The number of alkyl halides is 3. The predicted octanol–water partition coefficient (Wildman–Crippen LogP) is 7.22. The Morgan fingerprint density at radius 3 is 2.28 bits per heavy atom. The Morgan fingerprint density at radius 2 is 1.67 bits per heavy atom. The van der Waals surface area contributed by atoms with Gasteiger partial charge in [-0.2, -0.15) is 18.2 Å². The number of rotatable bonds is 7.